The molecular formula is C6H7N3O3. The summed E-state index contributed by atoms with van der Waals surface area (Å²) >= 11 is 0. The van der Waals surface area contributed by atoms with E-state index in [9.17, 15) is 14.9 Å². The fourth-order valence-electron chi connectivity index (χ4n) is 0.902. The molecule has 1 aromatic heterocycles. The van der Waals surface area contributed by atoms with E-state index >= 15 is 0 Å². The van der Waals surface area contributed by atoms with Crippen LogP contribution < -0.4 is 0 Å². The Kier molecular flexibility index (Phi) is 2.18. The fraction of sp³-hybridized carbons (Fsp3) is 0.333. The molecule has 0 fully saturated rings. The van der Waals surface area contributed by atoms with Crippen molar-refractivity contribution >= 4 is 12.1 Å². The second-order valence-corrected chi connectivity index (χ2v) is 2.20. The molecule has 0 aliphatic rings. The van der Waals surface area contributed by atoms with Gasteiger partial charge in [0.05, 0.1) is 0 Å². The molecule has 0 aliphatic carbocycles. The fourth-order valence-corrected chi connectivity index (χ4v) is 0.902. The molecule has 12 heavy (non-hydrogen) atoms. The molecule has 1 heterocycles. The van der Waals surface area contributed by atoms with Gasteiger partial charge in [0, 0.05) is 6.92 Å². The van der Waals surface area contributed by atoms with Crippen LogP contribution in [0.2, 0.25) is 0 Å². The van der Waals surface area contributed by atoms with E-state index in [0.29, 0.717) is 12.1 Å². The lowest BCUT2D eigenvalue weighted by Gasteiger charge is -1.96. The average Bonchev–Trinajstić information content (AvgIpc) is 2.34. The zero-order chi connectivity index (χ0) is 9.14. The first-order valence-corrected chi connectivity index (χ1v) is 3.27. The topological polar surface area (TPSA) is 78.0 Å². The Balaban J connectivity index is 3.11. The second-order valence-electron chi connectivity index (χ2n) is 2.20. The van der Waals surface area contributed by atoms with Gasteiger partial charge in [-0.05, 0) is 4.92 Å². The Morgan fingerprint density at radius 3 is 3.00 bits per heavy atom. The highest BCUT2D eigenvalue weighted by atomic mass is 16.6. The SMILES string of the molecule is Cc1ncc([N+](=O)[O-])n1CC=O. The highest BCUT2D eigenvalue weighted by Crippen LogP contribution is 2.11. The first kappa shape index (κ1) is 8.38. The lowest BCUT2D eigenvalue weighted by Crippen LogP contribution is -2.05. The molecule has 0 radical (unpaired) electrons. The van der Waals surface area contributed by atoms with E-state index in [4.69, 9.17) is 0 Å². The molecule has 0 saturated heterocycles. The van der Waals surface area contributed by atoms with Crippen LogP contribution in [-0.2, 0) is 11.3 Å². The molecule has 6 heteroatoms. The molecule has 1 rings (SSSR count). The smallest absolute Gasteiger partial charge is 0.343 e. The standard InChI is InChI=1S/C6H7N3O3/c1-5-7-4-6(9(11)12)8(5)2-3-10/h3-4H,2H2,1H3. The third-order valence-electron chi connectivity index (χ3n) is 1.48. The summed E-state index contributed by atoms with van der Waals surface area (Å²) in [5, 5.41) is 10.3. The van der Waals surface area contributed by atoms with Crippen molar-refractivity contribution in [3.8, 4) is 0 Å². The Morgan fingerprint density at radius 1 is 1.83 bits per heavy atom. The predicted molar refractivity (Wildman–Crippen MR) is 39.7 cm³/mol. The number of aromatic nitrogens is 2. The minimum absolute atomic E-state index is 0.0256. The van der Waals surface area contributed by atoms with Crippen molar-refractivity contribution < 1.29 is 9.72 Å². The van der Waals surface area contributed by atoms with E-state index in [-0.39, 0.29) is 12.4 Å². The van der Waals surface area contributed by atoms with Crippen LogP contribution in [0.4, 0.5) is 5.82 Å². The maximum absolute atomic E-state index is 10.3. The number of hydrogen-bond acceptors (Lipinski definition) is 4. The zero-order valence-electron chi connectivity index (χ0n) is 6.43. The molecule has 0 unspecified atom stereocenters. The summed E-state index contributed by atoms with van der Waals surface area (Å²) in [6.07, 6.45) is 1.74. The molecule has 0 aliphatic heterocycles. The van der Waals surface area contributed by atoms with Gasteiger partial charge in [0.1, 0.15) is 12.7 Å². The molecule has 0 spiro atoms. The quantitative estimate of drug-likeness (QED) is 0.370. The summed E-state index contributed by atoms with van der Waals surface area (Å²) in [6, 6.07) is 0. The number of rotatable bonds is 3. The van der Waals surface area contributed by atoms with Crippen molar-refractivity contribution in [1.29, 1.82) is 0 Å². The number of carbonyl (C=O) groups excluding carboxylic acids is 1. The highest BCUT2D eigenvalue weighted by Gasteiger charge is 2.15. The number of carbonyl (C=O) groups is 1. The molecule has 0 N–H and O–H groups in total. The van der Waals surface area contributed by atoms with E-state index in [1.807, 2.05) is 0 Å². The molecule has 0 amide bonds. The molecule has 6 nitrogen and oxygen atoms in total. The summed E-state index contributed by atoms with van der Waals surface area (Å²) in [4.78, 5) is 23.6. The van der Waals surface area contributed by atoms with Gasteiger partial charge in [-0.1, -0.05) is 0 Å². The Morgan fingerprint density at radius 2 is 2.50 bits per heavy atom. The molecular weight excluding hydrogens is 162 g/mol. The van der Waals surface area contributed by atoms with Crippen molar-refractivity contribution in [1.82, 2.24) is 9.55 Å². The second kappa shape index (κ2) is 3.12. The first-order valence-electron chi connectivity index (χ1n) is 3.27. The van der Waals surface area contributed by atoms with Gasteiger partial charge in [-0.3, -0.25) is 4.79 Å². The summed E-state index contributed by atoms with van der Waals surface area (Å²) in [5.41, 5.74) is 0. The first-order chi connectivity index (χ1) is 5.66. The Bertz CT molecular complexity index is 318. The van der Waals surface area contributed by atoms with Crippen LogP contribution in [0.15, 0.2) is 6.20 Å². The molecule has 0 atom stereocenters. The molecule has 1 aromatic rings. The molecule has 64 valence electrons. The van der Waals surface area contributed by atoms with Crippen molar-refractivity contribution in [3.63, 3.8) is 0 Å². The van der Waals surface area contributed by atoms with E-state index in [2.05, 4.69) is 4.98 Å². The summed E-state index contributed by atoms with van der Waals surface area (Å²) in [6.45, 7) is 1.58. The number of nitrogens with zero attached hydrogens (tertiary/aromatic N) is 3. The number of nitro groups is 1. The van der Waals surface area contributed by atoms with Crippen molar-refractivity contribution in [2.75, 3.05) is 0 Å². The Hall–Kier alpha value is -1.72. The number of imidazole rings is 1. The van der Waals surface area contributed by atoms with Crippen LogP contribution in [0.1, 0.15) is 5.82 Å². The maximum Gasteiger partial charge on any atom is 0.343 e. The van der Waals surface area contributed by atoms with Crippen LogP contribution in [0.5, 0.6) is 0 Å². The normalized spacial score (nSPS) is 9.75. The largest absolute Gasteiger partial charge is 0.358 e. The van der Waals surface area contributed by atoms with E-state index in [1.165, 1.54) is 4.57 Å². The summed E-state index contributed by atoms with van der Waals surface area (Å²) < 4.78 is 1.24. The van der Waals surface area contributed by atoms with Crippen LogP contribution in [-0.4, -0.2) is 20.8 Å². The van der Waals surface area contributed by atoms with Crippen LogP contribution in [0, 0.1) is 17.0 Å². The third-order valence-corrected chi connectivity index (χ3v) is 1.48. The monoisotopic (exact) mass is 169 g/mol. The lowest BCUT2D eigenvalue weighted by molar-refractivity contribution is -0.392. The Labute approximate surface area is 68.0 Å². The summed E-state index contributed by atoms with van der Waals surface area (Å²) in [7, 11) is 0. The van der Waals surface area contributed by atoms with E-state index in [0.717, 1.165) is 6.20 Å². The van der Waals surface area contributed by atoms with Gasteiger partial charge in [-0.2, -0.15) is 0 Å². The van der Waals surface area contributed by atoms with Crippen LogP contribution in [0.3, 0.4) is 0 Å². The van der Waals surface area contributed by atoms with Gasteiger partial charge < -0.3 is 10.1 Å². The number of aldehydes is 1. The van der Waals surface area contributed by atoms with Gasteiger partial charge in [0.15, 0.2) is 12.1 Å². The minimum atomic E-state index is -0.566. The van der Waals surface area contributed by atoms with Crippen molar-refractivity contribution in [2.24, 2.45) is 0 Å². The van der Waals surface area contributed by atoms with Crippen LogP contribution >= 0.6 is 0 Å². The highest BCUT2D eigenvalue weighted by molar-refractivity contribution is 5.50. The maximum atomic E-state index is 10.3. The average molecular weight is 169 g/mol. The third kappa shape index (κ3) is 1.31. The number of aryl methyl sites for hydroxylation is 1. The molecule has 0 saturated carbocycles. The van der Waals surface area contributed by atoms with E-state index < -0.39 is 4.92 Å². The van der Waals surface area contributed by atoms with Gasteiger partial charge in [-0.25, -0.2) is 9.55 Å². The summed E-state index contributed by atoms with van der Waals surface area (Å²) in [5.74, 6) is 0.313. The zero-order valence-corrected chi connectivity index (χ0v) is 6.43. The van der Waals surface area contributed by atoms with Gasteiger partial charge in [0.25, 0.3) is 0 Å². The molecule has 0 bridgehead atoms. The molecule has 0 aromatic carbocycles. The predicted octanol–water partition coefficient (Wildman–Crippen LogP) is 0.299. The van der Waals surface area contributed by atoms with Gasteiger partial charge in [-0.15, -0.1) is 0 Å². The van der Waals surface area contributed by atoms with Gasteiger partial charge in [0.2, 0.25) is 0 Å². The van der Waals surface area contributed by atoms with Crippen molar-refractivity contribution in [2.45, 2.75) is 13.5 Å². The van der Waals surface area contributed by atoms with Crippen molar-refractivity contribution in [3.05, 3.63) is 22.1 Å². The van der Waals surface area contributed by atoms with Crippen LogP contribution in [0.25, 0.3) is 0 Å². The van der Waals surface area contributed by atoms with Gasteiger partial charge >= 0.3 is 5.82 Å². The minimum Gasteiger partial charge on any atom is -0.358 e. The van der Waals surface area contributed by atoms with E-state index in [1.54, 1.807) is 6.92 Å². The lowest BCUT2D eigenvalue weighted by atomic mass is 10.6. The number of hydrogen-bond donors (Lipinski definition) is 0.